The number of nitrogens with zero attached hydrogens (tertiary/aromatic N) is 5. The number of H-pyrrole nitrogens is 1. The molecule has 1 amide bonds. The zero-order valence-corrected chi connectivity index (χ0v) is 16.8. The summed E-state index contributed by atoms with van der Waals surface area (Å²) in [7, 11) is 2.17. The Bertz CT molecular complexity index is 1020. The Morgan fingerprint density at radius 3 is 2.66 bits per heavy atom. The third kappa shape index (κ3) is 3.58. The van der Waals surface area contributed by atoms with E-state index in [2.05, 4.69) is 56.3 Å². The molecule has 7 nitrogen and oxygen atoms in total. The highest BCUT2D eigenvalue weighted by Gasteiger charge is 2.23. The molecule has 1 aromatic carbocycles. The molecule has 0 spiro atoms. The van der Waals surface area contributed by atoms with E-state index in [0.717, 1.165) is 61.3 Å². The largest absolute Gasteiger partial charge is 0.369 e. The summed E-state index contributed by atoms with van der Waals surface area (Å²) >= 11 is 0. The first-order valence-electron chi connectivity index (χ1n) is 10.3. The van der Waals surface area contributed by atoms with E-state index in [1.807, 2.05) is 17.3 Å². The average Bonchev–Trinajstić information content (AvgIpc) is 3.24. The van der Waals surface area contributed by atoms with Gasteiger partial charge in [-0.25, -0.2) is 4.98 Å². The van der Waals surface area contributed by atoms with Gasteiger partial charge >= 0.3 is 0 Å². The molecule has 0 atom stereocenters. The smallest absolute Gasteiger partial charge is 0.227 e. The Labute approximate surface area is 170 Å². The second-order valence-corrected chi connectivity index (χ2v) is 8.09. The van der Waals surface area contributed by atoms with E-state index in [-0.39, 0.29) is 5.91 Å². The number of aromatic nitrogens is 3. The third-order valence-corrected chi connectivity index (χ3v) is 6.19. The Balaban J connectivity index is 1.24. The van der Waals surface area contributed by atoms with E-state index in [1.54, 1.807) is 0 Å². The fraction of sp³-hybridized carbons (Fsp3) is 0.409. The number of rotatable bonds is 3. The van der Waals surface area contributed by atoms with Gasteiger partial charge in [0, 0.05) is 56.5 Å². The van der Waals surface area contributed by atoms with Gasteiger partial charge in [0.05, 0.1) is 12.6 Å². The topological polar surface area (TPSA) is 68.4 Å². The highest BCUT2D eigenvalue weighted by atomic mass is 16.2. The fourth-order valence-electron chi connectivity index (χ4n) is 4.34. The zero-order chi connectivity index (χ0) is 19.8. The van der Waals surface area contributed by atoms with Crippen LogP contribution in [0.1, 0.15) is 16.7 Å². The molecule has 2 aliphatic heterocycles. The molecule has 1 saturated heterocycles. The normalized spacial score (nSPS) is 17.6. The van der Waals surface area contributed by atoms with Crippen LogP contribution >= 0.6 is 0 Å². The summed E-state index contributed by atoms with van der Waals surface area (Å²) in [6.45, 7) is 5.67. The Morgan fingerprint density at radius 2 is 1.86 bits per heavy atom. The molecular weight excluding hydrogens is 364 g/mol. The van der Waals surface area contributed by atoms with Gasteiger partial charge in [0.15, 0.2) is 5.65 Å². The molecular formula is C22H26N6O. The summed E-state index contributed by atoms with van der Waals surface area (Å²) in [4.78, 5) is 24.0. The molecule has 2 aliphatic rings. The van der Waals surface area contributed by atoms with Crippen LogP contribution in [0.2, 0.25) is 0 Å². The van der Waals surface area contributed by atoms with E-state index >= 15 is 0 Å². The number of fused-ring (bicyclic) bond motifs is 3. The molecule has 3 aromatic rings. The van der Waals surface area contributed by atoms with Crippen LogP contribution in [0.15, 0.2) is 36.7 Å². The molecule has 7 heteroatoms. The average molecular weight is 390 g/mol. The summed E-state index contributed by atoms with van der Waals surface area (Å²) in [5.74, 6) is 0.176. The summed E-state index contributed by atoms with van der Waals surface area (Å²) in [5, 5.41) is 8.09. The molecule has 0 bridgehead atoms. The quantitative estimate of drug-likeness (QED) is 0.739. The fourth-order valence-corrected chi connectivity index (χ4v) is 4.34. The number of nitrogens with one attached hydrogen (secondary N) is 1. The van der Waals surface area contributed by atoms with Crippen LogP contribution in [-0.2, 0) is 24.2 Å². The SMILES string of the molecule is CN1CCN(c2ccc(CC(=O)N3CCc4c(cnc5[nH]ncc45)C3)cc2)CC1. The van der Waals surface area contributed by atoms with Gasteiger partial charge in [0.2, 0.25) is 5.91 Å². The number of benzene rings is 1. The second-order valence-electron chi connectivity index (χ2n) is 8.09. The van der Waals surface area contributed by atoms with Gasteiger partial charge in [-0.2, -0.15) is 5.10 Å². The second kappa shape index (κ2) is 7.48. The summed E-state index contributed by atoms with van der Waals surface area (Å²) in [6, 6.07) is 8.50. The van der Waals surface area contributed by atoms with Crippen molar-refractivity contribution in [3.63, 3.8) is 0 Å². The lowest BCUT2D eigenvalue weighted by Crippen LogP contribution is -2.44. The molecule has 4 heterocycles. The van der Waals surface area contributed by atoms with Crippen LogP contribution in [0.25, 0.3) is 11.0 Å². The lowest BCUT2D eigenvalue weighted by atomic mass is 9.98. The molecule has 5 rings (SSSR count). The minimum atomic E-state index is 0.176. The number of likely N-dealkylation sites (N-methyl/N-ethyl adjacent to an activating group) is 1. The number of amides is 1. The molecule has 1 fully saturated rings. The lowest BCUT2D eigenvalue weighted by Gasteiger charge is -2.34. The molecule has 0 saturated carbocycles. The predicted octanol–water partition coefficient (Wildman–Crippen LogP) is 1.84. The van der Waals surface area contributed by atoms with Gasteiger partial charge in [-0.1, -0.05) is 12.1 Å². The van der Waals surface area contributed by atoms with Crippen molar-refractivity contribution < 1.29 is 4.79 Å². The van der Waals surface area contributed by atoms with Gasteiger partial charge in [-0.3, -0.25) is 9.89 Å². The van der Waals surface area contributed by atoms with E-state index in [9.17, 15) is 4.79 Å². The monoisotopic (exact) mass is 390 g/mol. The first kappa shape index (κ1) is 18.1. The minimum absolute atomic E-state index is 0.176. The van der Waals surface area contributed by atoms with Gasteiger partial charge < -0.3 is 14.7 Å². The number of piperazine rings is 1. The predicted molar refractivity (Wildman–Crippen MR) is 113 cm³/mol. The maximum atomic E-state index is 12.9. The van der Waals surface area contributed by atoms with Crippen molar-refractivity contribution in [2.75, 3.05) is 44.7 Å². The highest BCUT2D eigenvalue weighted by molar-refractivity contribution is 5.82. The van der Waals surface area contributed by atoms with Crippen LogP contribution in [0.4, 0.5) is 5.69 Å². The highest BCUT2D eigenvalue weighted by Crippen LogP contribution is 2.25. The number of hydrogen-bond acceptors (Lipinski definition) is 5. The maximum Gasteiger partial charge on any atom is 0.227 e. The van der Waals surface area contributed by atoms with Crippen LogP contribution in [0.3, 0.4) is 0 Å². The van der Waals surface area contributed by atoms with Crippen molar-refractivity contribution in [1.29, 1.82) is 0 Å². The number of carbonyl (C=O) groups excluding carboxylic acids is 1. The molecule has 0 aliphatic carbocycles. The molecule has 1 N–H and O–H groups in total. The van der Waals surface area contributed by atoms with Crippen molar-refractivity contribution in [3.05, 3.63) is 53.3 Å². The third-order valence-electron chi connectivity index (χ3n) is 6.19. The van der Waals surface area contributed by atoms with Crippen LogP contribution < -0.4 is 4.90 Å². The van der Waals surface area contributed by atoms with E-state index < -0.39 is 0 Å². The Kier molecular flexibility index (Phi) is 4.67. The number of hydrogen-bond donors (Lipinski definition) is 1. The number of pyridine rings is 1. The summed E-state index contributed by atoms with van der Waals surface area (Å²) < 4.78 is 0. The maximum absolute atomic E-state index is 12.9. The number of anilines is 1. The van der Waals surface area contributed by atoms with Crippen LogP contribution in [0, 0.1) is 0 Å². The van der Waals surface area contributed by atoms with Gasteiger partial charge in [0.1, 0.15) is 0 Å². The van der Waals surface area contributed by atoms with E-state index in [0.29, 0.717) is 13.0 Å². The minimum Gasteiger partial charge on any atom is -0.369 e. The summed E-state index contributed by atoms with van der Waals surface area (Å²) in [5.41, 5.74) is 5.54. The zero-order valence-electron chi connectivity index (χ0n) is 16.8. The molecule has 0 unspecified atom stereocenters. The van der Waals surface area contributed by atoms with Crippen molar-refractivity contribution in [2.45, 2.75) is 19.4 Å². The first-order valence-corrected chi connectivity index (χ1v) is 10.3. The number of aromatic amines is 1. The van der Waals surface area contributed by atoms with Gasteiger partial charge in [-0.15, -0.1) is 0 Å². The summed E-state index contributed by atoms with van der Waals surface area (Å²) in [6.07, 6.45) is 5.00. The lowest BCUT2D eigenvalue weighted by molar-refractivity contribution is -0.131. The van der Waals surface area contributed by atoms with E-state index in [1.165, 1.54) is 11.3 Å². The molecule has 2 aromatic heterocycles. The Hall–Kier alpha value is -2.93. The van der Waals surface area contributed by atoms with Crippen LogP contribution in [0.5, 0.6) is 0 Å². The molecule has 0 radical (unpaired) electrons. The van der Waals surface area contributed by atoms with Crippen molar-refractivity contribution >= 4 is 22.6 Å². The molecule has 29 heavy (non-hydrogen) atoms. The standard InChI is InChI=1S/C22H26N6O/c1-26-8-10-27(11-9-26)18-4-2-16(3-5-18)12-21(29)28-7-6-19-17(15-28)13-23-22-20(19)14-24-25-22/h2-5,13-14H,6-12,15H2,1H3,(H,23,24,25). The van der Waals surface area contributed by atoms with Gasteiger partial charge in [0.25, 0.3) is 0 Å². The molecule has 150 valence electrons. The van der Waals surface area contributed by atoms with Crippen molar-refractivity contribution in [1.82, 2.24) is 25.0 Å². The van der Waals surface area contributed by atoms with Crippen molar-refractivity contribution in [3.8, 4) is 0 Å². The van der Waals surface area contributed by atoms with Crippen molar-refractivity contribution in [2.24, 2.45) is 0 Å². The Morgan fingerprint density at radius 1 is 1.07 bits per heavy atom. The van der Waals surface area contributed by atoms with Crippen LogP contribution in [-0.4, -0.2) is 70.7 Å². The van der Waals surface area contributed by atoms with Gasteiger partial charge in [-0.05, 0) is 42.3 Å². The van der Waals surface area contributed by atoms with E-state index in [4.69, 9.17) is 0 Å². The first-order chi connectivity index (χ1) is 14.2. The number of carbonyl (C=O) groups is 1.